The van der Waals surface area contributed by atoms with E-state index in [1.807, 2.05) is 0 Å². The van der Waals surface area contributed by atoms with Crippen molar-refractivity contribution >= 4 is 23.2 Å². The molecule has 3 heterocycles. The van der Waals surface area contributed by atoms with Crippen molar-refractivity contribution in [2.75, 3.05) is 10.6 Å². The Balaban J connectivity index is 2.12. The first-order valence-corrected chi connectivity index (χ1v) is 8.91. The van der Waals surface area contributed by atoms with Crippen molar-refractivity contribution in [3.05, 3.63) is 53.5 Å². The van der Waals surface area contributed by atoms with E-state index in [1.54, 1.807) is 6.07 Å². The molecule has 0 atom stereocenters. The molecule has 3 rings (SSSR count). The lowest BCUT2D eigenvalue weighted by molar-refractivity contribution is -0.114. The van der Waals surface area contributed by atoms with Gasteiger partial charge in [0.05, 0.1) is 11.3 Å². The lowest BCUT2D eigenvalue weighted by Gasteiger charge is -2.15. The quantitative estimate of drug-likeness (QED) is 0.630. The molecule has 0 spiro atoms. The highest BCUT2D eigenvalue weighted by Gasteiger charge is 2.29. The van der Waals surface area contributed by atoms with E-state index in [1.165, 1.54) is 38.4 Å². The Labute approximate surface area is 175 Å². The lowest BCUT2D eigenvalue weighted by atomic mass is 10.1. The van der Waals surface area contributed by atoms with Gasteiger partial charge < -0.3 is 10.6 Å². The largest absolute Gasteiger partial charge is 0.339 e. The number of hydrogen-bond donors (Lipinski definition) is 2. The maximum Gasteiger partial charge on any atom is 0.303 e. The fraction of sp³-hybridized carbons (Fsp3) is 0.200. The van der Waals surface area contributed by atoms with Crippen LogP contribution in [0, 0.1) is 24.1 Å². The molecule has 158 valence electrons. The van der Waals surface area contributed by atoms with Gasteiger partial charge in [0.25, 0.3) is 0 Å². The van der Waals surface area contributed by atoms with Gasteiger partial charge in [-0.3, -0.25) is 9.78 Å². The average molecular weight is 427 g/mol. The van der Waals surface area contributed by atoms with E-state index in [4.69, 9.17) is 5.26 Å². The van der Waals surface area contributed by atoms with Crippen molar-refractivity contribution in [3.8, 4) is 17.3 Å². The number of aryl methyl sites for hydroxylation is 1. The highest BCUT2D eigenvalue weighted by atomic mass is 19.3. The zero-order valence-electron chi connectivity index (χ0n) is 16.7. The third kappa shape index (κ3) is 5.11. The van der Waals surface area contributed by atoms with Crippen molar-refractivity contribution in [3.63, 3.8) is 0 Å². The van der Waals surface area contributed by atoms with Crippen LogP contribution in [0.1, 0.15) is 30.9 Å². The summed E-state index contributed by atoms with van der Waals surface area (Å²) in [5, 5.41) is 14.2. The number of alkyl halides is 2. The number of pyridine rings is 2. The minimum absolute atomic E-state index is 0.0271. The minimum Gasteiger partial charge on any atom is -0.339 e. The van der Waals surface area contributed by atoms with Gasteiger partial charge in [0.1, 0.15) is 23.4 Å². The number of carbonyl (C=O) groups is 1. The number of aromatic nitrogens is 4. The second-order valence-corrected chi connectivity index (χ2v) is 6.69. The zero-order valence-corrected chi connectivity index (χ0v) is 16.7. The fourth-order valence-electron chi connectivity index (χ4n) is 2.66. The Morgan fingerprint density at radius 2 is 1.87 bits per heavy atom. The van der Waals surface area contributed by atoms with Gasteiger partial charge in [0, 0.05) is 49.6 Å². The molecule has 8 nitrogen and oxygen atoms in total. The number of nitrogens with one attached hydrogen (secondary N) is 2. The Kier molecular flexibility index (Phi) is 5.83. The van der Waals surface area contributed by atoms with E-state index >= 15 is 0 Å². The van der Waals surface area contributed by atoms with Gasteiger partial charge in [-0.25, -0.2) is 19.3 Å². The van der Waals surface area contributed by atoms with Crippen LogP contribution in [0.4, 0.5) is 30.5 Å². The maximum atomic E-state index is 14.6. The molecule has 0 radical (unpaired) electrons. The first kappa shape index (κ1) is 21.6. The van der Waals surface area contributed by atoms with Crippen LogP contribution < -0.4 is 10.6 Å². The molecule has 1 amide bonds. The summed E-state index contributed by atoms with van der Waals surface area (Å²) in [6, 6.07) is 5.62. The molecule has 0 fully saturated rings. The molecule has 0 saturated carbocycles. The second kappa shape index (κ2) is 8.35. The van der Waals surface area contributed by atoms with Gasteiger partial charge in [0.15, 0.2) is 5.82 Å². The molecule has 0 saturated heterocycles. The number of nitrogens with zero attached hydrogens (tertiary/aromatic N) is 5. The predicted molar refractivity (Wildman–Crippen MR) is 106 cm³/mol. The van der Waals surface area contributed by atoms with Gasteiger partial charge >= 0.3 is 5.92 Å². The predicted octanol–water partition coefficient (Wildman–Crippen LogP) is 4.07. The number of nitriles is 1. The summed E-state index contributed by atoms with van der Waals surface area (Å²) in [6.45, 7) is 3.49. The molecule has 0 aliphatic heterocycles. The maximum absolute atomic E-state index is 14.6. The normalized spacial score (nSPS) is 11.0. The van der Waals surface area contributed by atoms with Gasteiger partial charge in [-0.2, -0.15) is 14.0 Å². The van der Waals surface area contributed by atoms with Gasteiger partial charge in [-0.15, -0.1) is 0 Å². The first-order valence-electron chi connectivity index (χ1n) is 8.91. The molecule has 0 aliphatic rings. The van der Waals surface area contributed by atoms with Gasteiger partial charge in [-0.1, -0.05) is 0 Å². The zero-order chi connectivity index (χ0) is 22.8. The van der Waals surface area contributed by atoms with Crippen molar-refractivity contribution in [2.45, 2.75) is 26.7 Å². The highest BCUT2D eigenvalue weighted by Crippen LogP contribution is 2.33. The third-order valence-electron chi connectivity index (χ3n) is 3.94. The fourth-order valence-corrected chi connectivity index (χ4v) is 2.66. The van der Waals surface area contributed by atoms with E-state index in [9.17, 15) is 18.0 Å². The Hall–Kier alpha value is -4.07. The molecular formula is C20H16F3N7O. The van der Waals surface area contributed by atoms with Gasteiger partial charge in [-0.05, 0) is 13.0 Å². The standard InChI is InChI=1S/C20H16F3N7O/c1-10-4-17(30-19(27-10)20(3,22)23)29-15-6-16(28-11(2)31)25-9-13(15)18-14(21)5-12(7-24)8-26-18/h4-6,8-9H,1-3H3,(H2,25,27,28,29,30,31). The van der Waals surface area contributed by atoms with Crippen LogP contribution in [-0.2, 0) is 10.7 Å². The summed E-state index contributed by atoms with van der Waals surface area (Å²) in [6.07, 6.45) is 2.45. The molecule has 0 aromatic carbocycles. The van der Waals surface area contributed by atoms with E-state index in [0.29, 0.717) is 6.92 Å². The molecule has 0 unspecified atom stereocenters. The Morgan fingerprint density at radius 1 is 1.13 bits per heavy atom. The second-order valence-electron chi connectivity index (χ2n) is 6.69. The monoisotopic (exact) mass is 427 g/mol. The Morgan fingerprint density at radius 3 is 2.48 bits per heavy atom. The molecule has 3 aromatic heterocycles. The average Bonchev–Trinajstić information content (AvgIpc) is 2.67. The number of rotatable bonds is 5. The molecular weight excluding hydrogens is 411 g/mol. The number of carbonyl (C=O) groups excluding carboxylic acids is 1. The number of amides is 1. The smallest absolute Gasteiger partial charge is 0.303 e. The lowest BCUT2D eigenvalue weighted by Crippen LogP contribution is -2.14. The van der Waals surface area contributed by atoms with Crippen LogP contribution in [-0.4, -0.2) is 25.8 Å². The van der Waals surface area contributed by atoms with Crippen molar-refractivity contribution < 1.29 is 18.0 Å². The molecule has 31 heavy (non-hydrogen) atoms. The van der Waals surface area contributed by atoms with Crippen LogP contribution >= 0.6 is 0 Å². The molecule has 2 N–H and O–H groups in total. The summed E-state index contributed by atoms with van der Waals surface area (Å²) in [5.41, 5.74) is 0.542. The molecule has 11 heteroatoms. The van der Waals surface area contributed by atoms with Crippen molar-refractivity contribution in [2.24, 2.45) is 0 Å². The summed E-state index contributed by atoms with van der Waals surface area (Å²) in [5.74, 6) is -4.96. The van der Waals surface area contributed by atoms with Crippen LogP contribution in [0.15, 0.2) is 30.6 Å². The van der Waals surface area contributed by atoms with E-state index in [2.05, 4.69) is 30.6 Å². The van der Waals surface area contributed by atoms with Crippen LogP contribution in [0.2, 0.25) is 0 Å². The summed E-state index contributed by atoms with van der Waals surface area (Å²) in [4.78, 5) is 27.0. The molecule has 0 aliphatic carbocycles. The van der Waals surface area contributed by atoms with E-state index in [0.717, 1.165) is 6.07 Å². The van der Waals surface area contributed by atoms with Gasteiger partial charge in [0.2, 0.25) is 11.7 Å². The number of hydrogen-bond acceptors (Lipinski definition) is 7. The van der Waals surface area contributed by atoms with Crippen LogP contribution in [0.3, 0.4) is 0 Å². The van der Waals surface area contributed by atoms with E-state index < -0.39 is 17.6 Å². The third-order valence-corrected chi connectivity index (χ3v) is 3.94. The topological polar surface area (TPSA) is 116 Å². The summed E-state index contributed by atoms with van der Waals surface area (Å²) >= 11 is 0. The number of halogens is 3. The van der Waals surface area contributed by atoms with Crippen molar-refractivity contribution in [1.82, 2.24) is 19.9 Å². The molecule has 3 aromatic rings. The summed E-state index contributed by atoms with van der Waals surface area (Å²) < 4.78 is 42.0. The van der Waals surface area contributed by atoms with Crippen LogP contribution in [0.5, 0.6) is 0 Å². The Bertz CT molecular complexity index is 1200. The summed E-state index contributed by atoms with van der Waals surface area (Å²) in [7, 11) is 0. The number of anilines is 3. The molecule has 0 bridgehead atoms. The highest BCUT2D eigenvalue weighted by molar-refractivity contribution is 5.89. The SMILES string of the molecule is CC(=O)Nc1cc(Nc2cc(C)nc(C(C)(F)F)n2)c(-c2ncc(C#N)cc2F)cn1. The van der Waals surface area contributed by atoms with Crippen LogP contribution in [0.25, 0.3) is 11.3 Å². The first-order chi connectivity index (χ1) is 14.6. The van der Waals surface area contributed by atoms with Crippen molar-refractivity contribution in [1.29, 1.82) is 5.26 Å². The van der Waals surface area contributed by atoms with E-state index in [-0.39, 0.29) is 45.7 Å². The minimum atomic E-state index is -3.27.